The van der Waals surface area contributed by atoms with Gasteiger partial charge in [0.05, 0.1) is 54.4 Å². The summed E-state index contributed by atoms with van der Waals surface area (Å²) in [5.41, 5.74) is 4.76. The van der Waals surface area contributed by atoms with E-state index in [0.717, 1.165) is 44.9 Å². The molecule has 200 valence electrons. The van der Waals surface area contributed by atoms with Gasteiger partial charge in [-0.1, -0.05) is 41.6 Å². The zero-order valence-corrected chi connectivity index (χ0v) is 22.6. The van der Waals surface area contributed by atoms with Crippen molar-refractivity contribution >= 4 is 16.7 Å². The van der Waals surface area contributed by atoms with Crippen LogP contribution >= 0.6 is 0 Å². The van der Waals surface area contributed by atoms with E-state index < -0.39 is 5.60 Å². The van der Waals surface area contributed by atoms with E-state index in [2.05, 4.69) is 51.6 Å². The van der Waals surface area contributed by atoms with Gasteiger partial charge in [-0.3, -0.25) is 4.68 Å². The third-order valence-electron chi connectivity index (χ3n) is 7.02. The molecule has 1 atom stereocenters. The summed E-state index contributed by atoms with van der Waals surface area (Å²) in [4.78, 5) is 12.4. The van der Waals surface area contributed by atoms with Gasteiger partial charge in [0.15, 0.2) is 5.82 Å². The molecule has 0 aliphatic carbocycles. The van der Waals surface area contributed by atoms with E-state index in [1.165, 1.54) is 5.56 Å². The minimum Gasteiger partial charge on any atom is -0.389 e. The van der Waals surface area contributed by atoms with Crippen molar-refractivity contribution < 1.29 is 14.4 Å². The minimum atomic E-state index is -0.885. The van der Waals surface area contributed by atoms with Crippen LogP contribution in [0.4, 0.5) is 5.82 Å². The maximum Gasteiger partial charge on any atom is 0.165 e. The molecule has 0 bridgehead atoms. The Morgan fingerprint density at radius 1 is 1.05 bits per heavy atom. The summed E-state index contributed by atoms with van der Waals surface area (Å²) in [5.74, 6) is 2.21. The molecule has 0 spiro atoms. The lowest BCUT2D eigenvalue weighted by Crippen LogP contribution is -2.40. The van der Waals surface area contributed by atoms with Gasteiger partial charge in [-0.05, 0) is 51.0 Å². The van der Waals surface area contributed by atoms with E-state index >= 15 is 0 Å². The first-order valence-corrected chi connectivity index (χ1v) is 13.2. The minimum absolute atomic E-state index is 0.00605. The van der Waals surface area contributed by atoms with Crippen LogP contribution in [0.3, 0.4) is 0 Å². The van der Waals surface area contributed by atoms with Crippen molar-refractivity contribution in [2.45, 2.75) is 45.9 Å². The molecule has 3 aromatic heterocycles. The van der Waals surface area contributed by atoms with Crippen LogP contribution in [-0.4, -0.2) is 55.4 Å². The van der Waals surface area contributed by atoms with Gasteiger partial charge in [0.1, 0.15) is 11.6 Å². The van der Waals surface area contributed by atoms with Crippen molar-refractivity contribution in [3.63, 3.8) is 0 Å². The standard InChI is InChI=1S/C30H32N6O3/c1-19-27(20(2)39-34-19)22-10-11-25-24(14-22)29(36-12-13-38-17-26(36)21-8-6-5-7-9-21)33-28(32-25)23-15-31-35(16-23)18-30(3,4)37/h5-11,14-16,26,37H,12-13,17-18H2,1-4H3/t26-/m0/s1. The third-order valence-corrected chi connectivity index (χ3v) is 7.02. The second-order valence-corrected chi connectivity index (χ2v) is 10.7. The summed E-state index contributed by atoms with van der Waals surface area (Å²) in [6.45, 7) is 9.64. The molecule has 1 saturated heterocycles. The Bertz CT molecular complexity index is 1600. The molecule has 9 heteroatoms. The molecule has 4 heterocycles. The fourth-order valence-electron chi connectivity index (χ4n) is 5.28. The molecule has 0 radical (unpaired) electrons. The van der Waals surface area contributed by atoms with E-state index in [9.17, 15) is 5.11 Å². The summed E-state index contributed by atoms with van der Waals surface area (Å²) in [6.07, 6.45) is 3.64. The van der Waals surface area contributed by atoms with Gasteiger partial charge in [-0.15, -0.1) is 0 Å². The Morgan fingerprint density at radius 3 is 2.62 bits per heavy atom. The summed E-state index contributed by atoms with van der Waals surface area (Å²) >= 11 is 0. The van der Waals surface area contributed by atoms with E-state index in [-0.39, 0.29) is 6.04 Å². The zero-order valence-electron chi connectivity index (χ0n) is 22.6. The summed E-state index contributed by atoms with van der Waals surface area (Å²) in [6, 6.07) is 16.6. The number of ether oxygens (including phenoxy) is 1. The van der Waals surface area contributed by atoms with Crippen LogP contribution in [0.2, 0.25) is 0 Å². The second kappa shape index (κ2) is 9.91. The number of morpholine rings is 1. The number of aromatic nitrogens is 5. The number of benzene rings is 2. The van der Waals surface area contributed by atoms with Crippen LogP contribution in [-0.2, 0) is 11.3 Å². The van der Waals surface area contributed by atoms with Gasteiger partial charge < -0.3 is 19.3 Å². The highest BCUT2D eigenvalue weighted by Crippen LogP contribution is 2.37. The molecular weight excluding hydrogens is 492 g/mol. The van der Waals surface area contributed by atoms with Gasteiger partial charge in [0.2, 0.25) is 0 Å². The Kier molecular flexibility index (Phi) is 6.40. The van der Waals surface area contributed by atoms with Crippen LogP contribution in [0.15, 0.2) is 65.4 Å². The molecule has 6 rings (SSSR count). The molecule has 5 aromatic rings. The number of fused-ring (bicyclic) bond motifs is 1. The van der Waals surface area contributed by atoms with Crippen molar-refractivity contribution in [2.75, 3.05) is 24.7 Å². The molecule has 9 nitrogen and oxygen atoms in total. The van der Waals surface area contributed by atoms with Crippen molar-refractivity contribution in [1.82, 2.24) is 24.9 Å². The lowest BCUT2D eigenvalue weighted by atomic mass is 10.0. The first-order valence-electron chi connectivity index (χ1n) is 13.2. The molecule has 1 fully saturated rings. The van der Waals surface area contributed by atoms with Crippen LogP contribution < -0.4 is 4.90 Å². The van der Waals surface area contributed by atoms with Crippen molar-refractivity contribution in [1.29, 1.82) is 0 Å². The van der Waals surface area contributed by atoms with E-state index in [1.807, 2.05) is 32.2 Å². The fraction of sp³-hybridized carbons (Fsp3) is 0.333. The van der Waals surface area contributed by atoms with Crippen LogP contribution in [0.25, 0.3) is 33.4 Å². The van der Waals surface area contributed by atoms with Crippen molar-refractivity contribution in [3.05, 3.63) is 77.9 Å². The number of hydrogen-bond acceptors (Lipinski definition) is 8. The van der Waals surface area contributed by atoms with E-state index in [4.69, 9.17) is 19.2 Å². The predicted octanol–water partition coefficient (Wildman–Crippen LogP) is 5.11. The Balaban J connectivity index is 1.52. The Hall–Kier alpha value is -4.08. The molecule has 0 saturated carbocycles. The van der Waals surface area contributed by atoms with Gasteiger partial charge in [0, 0.05) is 23.7 Å². The Morgan fingerprint density at radius 2 is 1.87 bits per heavy atom. The smallest absolute Gasteiger partial charge is 0.165 e. The van der Waals surface area contributed by atoms with E-state index in [0.29, 0.717) is 32.1 Å². The quantitative estimate of drug-likeness (QED) is 0.327. The number of anilines is 1. The number of nitrogens with zero attached hydrogens (tertiary/aromatic N) is 6. The highest BCUT2D eigenvalue weighted by molar-refractivity contribution is 5.95. The molecular formula is C30H32N6O3. The highest BCUT2D eigenvalue weighted by atomic mass is 16.5. The molecule has 1 aliphatic rings. The summed E-state index contributed by atoms with van der Waals surface area (Å²) in [5, 5.41) is 19.8. The molecule has 39 heavy (non-hydrogen) atoms. The number of aryl methyl sites for hydroxylation is 2. The number of rotatable bonds is 6. The average molecular weight is 525 g/mol. The van der Waals surface area contributed by atoms with Crippen molar-refractivity contribution in [3.8, 4) is 22.5 Å². The first kappa shape index (κ1) is 25.2. The lowest BCUT2D eigenvalue weighted by Gasteiger charge is -2.37. The fourth-order valence-corrected chi connectivity index (χ4v) is 5.28. The number of hydrogen-bond donors (Lipinski definition) is 1. The SMILES string of the molecule is Cc1noc(C)c1-c1ccc2nc(-c3cnn(CC(C)(C)O)c3)nc(N3CCOC[C@H]3c3ccccc3)c2c1. The lowest BCUT2D eigenvalue weighted by molar-refractivity contribution is 0.0577. The molecule has 0 unspecified atom stereocenters. The maximum absolute atomic E-state index is 10.3. The van der Waals surface area contributed by atoms with Crippen LogP contribution in [0.5, 0.6) is 0 Å². The Labute approximate surface area is 227 Å². The van der Waals surface area contributed by atoms with Gasteiger partial charge in [0.25, 0.3) is 0 Å². The average Bonchev–Trinajstić information content (AvgIpc) is 3.52. The van der Waals surface area contributed by atoms with Gasteiger partial charge in [-0.2, -0.15) is 5.10 Å². The van der Waals surface area contributed by atoms with Crippen molar-refractivity contribution in [2.24, 2.45) is 0 Å². The normalized spacial score (nSPS) is 16.2. The largest absolute Gasteiger partial charge is 0.389 e. The predicted molar refractivity (Wildman–Crippen MR) is 149 cm³/mol. The second-order valence-electron chi connectivity index (χ2n) is 10.7. The van der Waals surface area contributed by atoms with E-state index in [1.54, 1.807) is 24.7 Å². The van der Waals surface area contributed by atoms with Gasteiger partial charge >= 0.3 is 0 Å². The molecule has 1 N–H and O–H groups in total. The van der Waals surface area contributed by atoms with Gasteiger partial charge in [-0.25, -0.2) is 9.97 Å². The summed E-state index contributed by atoms with van der Waals surface area (Å²) in [7, 11) is 0. The van der Waals surface area contributed by atoms with Crippen LogP contribution in [0, 0.1) is 13.8 Å². The maximum atomic E-state index is 10.3. The first-order chi connectivity index (χ1) is 18.8. The number of aliphatic hydroxyl groups is 1. The third kappa shape index (κ3) is 5.03. The zero-order chi connectivity index (χ0) is 27.1. The molecule has 2 aromatic carbocycles. The topological polar surface area (TPSA) is 102 Å². The van der Waals surface area contributed by atoms with Crippen LogP contribution in [0.1, 0.15) is 36.9 Å². The molecule has 0 amide bonds. The monoisotopic (exact) mass is 524 g/mol. The summed E-state index contributed by atoms with van der Waals surface area (Å²) < 4.78 is 13.1. The molecule has 1 aliphatic heterocycles. The highest BCUT2D eigenvalue weighted by Gasteiger charge is 2.28.